The van der Waals surface area contributed by atoms with Crippen LogP contribution in [0, 0.1) is 5.92 Å². The first kappa shape index (κ1) is 9.93. The van der Waals surface area contributed by atoms with E-state index in [4.69, 9.17) is 11.6 Å². The van der Waals surface area contributed by atoms with Gasteiger partial charge in [-0.3, -0.25) is 4.79 Å². The Labute approximate surface area is 76.7 Å². The molecule has 12 heavy (non-hydrogen) atoms. The second kappa shape index (κ2) is 4.19. The summed E-state index contributed by atoms with van der Waals surface area (Å²) >= 11 is 5.08. The van der Waals surface area contributed by atoms with Crippen LogP contribution in [0.2, 0.25) is 0 Å². The predicted octanol–water partition coefficient (Wildman–Crippen LogP) is 1.43. The van der Waals surface area contributed by atoms with E-state index in [1.165, 1.54) is 0 Å². The van der Waals surface area contributed by atoms with Crippen LogP contribution in [0.1, 0.15) is 12.8 Å². The number of likely N-dealkylation sites (tertiary alicyclic amines) is 1. The van der Waals surface area contributed by atoms with Crippen molar-refractivity contribution in [3.63, 3.8) is 0 Å². The molecule has 0 aliphatic carbocycles. The molecular formula is C8H13ClFNO. The Balaban J connectivity index is 2.45. The van der Waals surface area contributed by atoms with Crippen LogP contribution < -0.4 is 0 Å². The fourth-order valence-electron chi connectivity index (χ4n) is 1.63. The van der Waals surface area contributed by atoms with E-state index in [-0.39, 0.29) is 5.92 Å². The molecule has 0 amide bonds. The molecule has 1 saturated heterocycles. The molecule has 1 aliphatic rings. The molecule has 1 heterocycles. The van der Waals surface area contributed by atoms with Gasteiger partial charge in [0.15, 0.2) is 6.17 Å². The van der Waals surface area contributed by atoms with Gasteiger partial charge in [-0.05, 0) is 38.0 Å². The zero-order chi connectivity index (χ0) is 9.14. The summed E-state index contributed by atoms with van der Waals surface area (Å²) in [7, 11) is 1.93. The topological polar surface area (TPSA) is 20.3 Å². The molecule has 0 aromatic rings. The Bertz CT molecular complexity index is 176. The summed E-state index contributed by atoms with van der Waals surface area (Å²) in [5.74, 6) is -0.200. The molecule has 4 heteroatoms. The van der Waals surface area contributed by atoms with Gasteiger partial charge in [-0.2, -0.15) is 0 Å². The van der Waals surface area contributed by atoms with Gasteiger partial charge >= 0.3 is 0 Å². The summed E-state index contributed by atoms with van der Waals surface area (Å²) in [6, 6.07) is 0. The number of rotatable bonds is 2. The molecule has 0 bridgehead atoms. The van der Waals surface area contributed by atoms with E-state index in [0.29, 0.717) is 6.54 Å². The van der Waals surface area contributed by atoms with Gasteiger partial charge in [-0.1, -0.05) is 0 Å². The van der Waals surface area contributed by atoms with E-state index < -0.39 is 11.4 Å². The minimum atomic E-state index is -1.48. The van der Waals surface area contributed by atoms with Crippen LogP contribution in [0.25, 0.3) is 0 Å². The zero-order valence-corrected chi connectivity index (χ0v) is 7.85. The van der Waals surface area contributed by atoms with Crippen LogP contribution in [0.15, 0.2) is 0 Å². The second-order valence-corrected chi connectivity index (χ2v) is 3.74. The Morgan fingerprint density at radius 1 is 1.75 bits per heavy atom. The van der Waals surface area contributed by atoms with Gasteiger partial charge in [0.25, 0.3) is 5.24 Å². The third-order valence-corrected chi connectivity index (χ3v) is 2.50. The van der Waals surface area contributed by atoms with E-state index in [9.17, 15) is 9.18 Å². The highest BCUT2D eigenvalue weighted by Crippen LogP contribution is 2.22. The highest BCUT2D eigenvalue weighted by Gasteiger charge is 2.29. The maximum absolute atomic E-state index is 13.1. The van der Waals surface area contributed by atoms with Gasteiger partial charge in [-0.15, -0.1) is 0 Å². The van der Waals surface area contributed by atoms with Crippen LogP contribution in [0.5, 0.6) is 0 Å². The summed E-state index contributed by atoms with van der Waals surface area (Å²) in [4.78, 5) is 12.5. The van der Waals surface area contributed by atoms with Gasteiger partial charge < -0.3 is 4.90 Å². The van der Waals surface area contributed by atoms with Gasteiger partial charge in [0.05, 0.1) is 0 Å². The van der Waals surface area contributed by atoms with Crippen LogP contribution in [-0.4, -0.2) is 36.5 Å². The Kier molecular flexibility index (Phi) is 3.47. The smallest absolute Gasteiger partial charge is 0.256 e. The molecule has 0 aromatic carbocycles. The number of alkyl halides is 1. The molecular weight excluding hydrogens is 181 g/mol. The molecule has 1 fully saturated rings. The quantitative estimate of drug-likeness (QED) is 0.619. The number of piperidine rings is 1. The lowest BCUT2D eigenvalue weighted by Crippen LogP contribution is -2.38. The van der Waals surface area contributed by atoms with Crippen LogP contribution in [0.3, 0.4) is 0 Å². The number of nitrogens with zero attached hydrogens (tertiary/aromatic N) is 1. The summed E-state index contributed by atoms with van der Waals surface area (Å²) in [5.41, 5.74) is 0. The van der Waals surface area contributed by atoms with Crippen molar-refractivity contribution in [3.8, 4) is 0 Å². The van der Waals surface area contributed by atoms with E-state index in [0.717, 1.165) is 19.4 Å². The number of carbonyl (C=O) groups is 1. The molecule has 2 atom stereocenters. The first-order valence-electron chi connectivity index (χ1n) is 4.13. The highest BCUT2D eigenvalue weighted by molar-refractivity contribution is 6.64. The van der Waals surface area contributed by atoms with Crippen molar-refractivity contribution in [1.29, 1.82) is 0 Å². The normalized spacial score (nSPS) is 28.4. The van der Waals surface area contributed by atoms with Crippen molar-refractivity contribution >= 4 is 16.8 Å². The van der Waals surface area contributed by atoms with Crippen LogP contribution in [-0.2, 0) is 4.79 Å². The molecule has 0 radical (unpaired) electrons. The first-order chi connectivity index (χ1) is 5.61. The molecule has 0 saturated carbocycles. The molecule has 0 N–H and O–H groups in total. The average Bonchev–Trinajstić information content (AvgIpc) is 2.03. The van der Waals surface area contributed by atoms with E-state index in [2.05, 4.69) is 0 Å². The van der Waals surface area contributed by atoms with Crippen molar-refractivity contribution in [2.75, 3.05) is 20.1 Å². The zero-order valence-electron chi connectivity index (χ0n) is 7.09. The predicted molar refractivity (Wildman–Crippen MR) is 46.0 cm³/mol. The fraction of sp³-hybridized carbons (Fsp3) is 0.875. The molecule has 0 spiro atoms. The molecule has 0 aromatic heterocycles. The van der Waals surface area contributed by atoms with Gasteiger partial charge in [0.1, 0.15) is 0 Å². The summed E-state index contributed by atoms with van der Waals surface area (Å²) in [6.45, 7) is 1.62. The van der Waals surface area contributed by atoms with Crippen molar-refractivity contribution in [1.82, 2.24) is 4.90 Å². The monoisotopic (exact) mass is 193 g/mol. The van der Waals surface area contributed by atoms with Crippen molar-refractivity contribution in [2.24, 2.45) is 5.92 Å². The van der Waals surface area contributed by atoms with E-state index in [1.807, 2.05) is 11.9 Å². The minimum Gasteiger partial charge on any atom is -0.306 e. The summed E-state index contributed by atoms with van der Waals surface area (Å²) in [5, 5.41) is -0.852. The average molecular weight is 194 g/mol. The van der Waals surface area contributed by atoms with Crippen molar-refractivity contribution in [2.45, 2.75) is 19.0 Å². The maximum atomic E-state index is 13.1. The number of halogens is 2. The first-order valence-corrected chi connectivity index (χ1v) is 4.51. The molecule has 1 rings (SSSR count). The largest absolute Gasteiger partial charge is 0.306 e. The molecule has 1 aliphatic heterocycles. The lowest BCUT2D eigenvalue weighted by Gasteiger charge is -2.30. The number of hydrogen-bond donors (Lipinski definition) is 0. The lowest BCUT2D eigenvalue weighted by atomic mass is 9.94. The third-order valence-electron chi connectivity index (χ3n) is 2.29. The van der Waals surface area contributed by atoms with Gasteiger partial charge in [0, 0.05) is 12.5 Å². The Morgan fingerprint density at radius 3 is 2.92 bits per heavy atom. The number of carbonyl (C=O) groups excluding carboxylic acids is 1. The summed E-state index contributed by atoms with van der Waals surface area (Å²) < 4.78 is 13.1. The Morgan fingerprint density at radius 2 is 2.42 bits per heavy atom. The van der Waals surface area contributed by atoms with Crippen molar-refractivity contribution < 1.29 is 9.18 Å². The SMILES string of the molecule is CN1CCCC(C(F)C(=O)Cl)C1. The van der Waals surface area contributed by atoms with Crippen LogP contribution in [0.4, 0.5) is 4.39 Å². The molecule has 2 nitrogen and oxygen atoms in total. The summed E-state index contributed by atoms with van der Waals surface area (Å²) in [6.07, 6.45) is 0.241. The minimum absolute atomic E-state index is 0.200. The van der Waals surface area contributed by atoms with Gasteiger partial charge in [-0.25, -0.2) is 4.39 Å². The maximum Gasteiger partial charge on any atom is 0.256 e. The second-order valence-electron chi connectivity index (χ2n) is 3.37. The lowest BCUT2D eigenvalue weighted by molar-refractivity contribution is -0.118. The van der Waals surface area contributed by atoms with Crippen LogP contribution >= 0.6 is 11.6 Å². The van der Waals surface area contributed by atoms with E-state index >= 15 is 0 Å². The standard InChI is InChI=1S/C8H13ClFNO/c1-11-4-2-3-6(5-11)7(10)8(9)12/h6-7H,2-5H2,1H3. The highest BCUT2D eigenvalue weighted by atomic mass is 35.5. The number of hydrogen-bond acceptors (Lipinski definition) is 2. The molecule has 70 valence electrons. The Hall–Kier alpha value is -0.150. The van der Waals surface area contributed by atoms with Crippen molar-refractivity contribution in [3.05, 3.63) is 0 Å². The third kappa shape index (κ3) is 2.42. The van der Waals surface area contributed by atoms with E-state index in [1.54, 1.807) is 0 Å². The molecule has 2 unspecified atom stereocenters. The fourth-order valence-corrected chi connectivity index (χ4v) is 1.81. The van der Waals surface area contributed by atoms with Gasteiger partial charge in [0.2, 0.25) is 0 Å².